The van der Waals surface area contributed by atoms with Crippen molar-refractivity contribution in [3.8, 4) is 0 Å². The summed E-state index contributed by atoms with van der Waals surface area (Å²) in [5.74, 6) is -0.909. The second-order valence-corrected chi connectivity index (χ2v) is 6.08. The Morgan fingerprint density at radius 1 is 0.895 bits per heavy atom. The first-order valence-electron chi connectivity index (χ1n) is 5.76. The zero-order chi connectivity index (χ0) is 13.8. The van der Waals surface area contributed by atoms with Gasteiger partial charge in [0.05, 0.1) is 15.2 Å². The van der Waals surface area contributed by atoms with Gasteiger partial charge in [0, 0.05) is 0 Å². The van der Waals surface area contributed by atoms with Crippen molar-refractivity contribution in [1.29, 1.82) is 0 Å². The molecule has 2 rings (SSSR count). The summed E-state index contributed by atoms with van der Waals surface area (Å²) in [6, 6.07) is 16.9. The minimum Gasteiger partial charge on any atom is -0.478 e. The van der Waals surface area contributed by atoms with Crippen molar-refractivity contribution < 1.29 is 9.90 Å². The van der Waals surface area contributed by atoms with Crippen LogP contribution < -0.4 is 0 Å². The highest BCUT2D eigenvalue weighted by molar-refractivity contribution is 9.12. The summed E-state index contributed by atoms with van der Waals surface area (Å²) in [6.07, 6.45) is 0. The van der Waals surface area contributed by atoms with E-state index in [1.54, 1.807) is 12.1 Å². The third-order valence-corrected chi connectivity index (χ3v) is 5.65. The Morgan fingerprint density at radius 3 is 2.11 bits per heavy atom. The fourth-order valence-electron chi connectivity index (χ4n) is 1.90. The maximum atomic E-state index is 11.2. The van der Waals surface area contributed by atoms with Gasteiger partial charge in [0.1, 0.15) is 0 Å². The van der Waals surface area contributed by atoms with Crippen molar-refractivity contribution in [3.05, 3.63) is 71.3 Å². The Hall–Kier alpha value is -1.13. The van der Waals surface area contributed by atoms with Crippen molar-refractivity contribution in [1.82, 2.24) is 0 Å². The van der Waals surface area contributed by atoms with Crippen LogP contribution in [0.4, 0.5) is 0 Å². The molecule has 2 aromatic rings. The molecule has 0 radical (unpaired) electrons. The van der Waals surface area contributed by atoms with E-state index in [0.29, 0.717) is 5.56 Å². The zero-order valence-corrected chi connectivity index (χ0v) is 13.1. The number of carboxylic acid groups (broad SMARTS) is 1. The van der Waals surface area contributed by atoms with Gasteiger partial charge >= 0.3 is 5.97 Å². The lowest BCUT2D eigenvalue weighted by Gasteiger charge is -2.19. The average molecular weight is 384 g/mol. The number of rotatable bonds is 4. The SMILES string of the molecule is O=C(O)c1ccccc1[C@@H](Br)[C@@H](Br)c1ccccc1. The molecule has 1 N–H and O–H groups in total. The molecule has 0 aliphatic carbocycles. The Morgan fingerprint density at radius 2 is 1.47 bits per heavy atom. The predicted molar refractivity (Wildman–Crippen MR) is 83.2 cm³/mol. The van der Waals surface area contributed by atoms with E-state index in [-0.39, 0.29) is 9.65 Å². The van der Waals surface area contributed by atoms with Gasteiger partial charge in [-0.2, -0.15) is 0 Å². The monoisotopic (exact) mass is 382 g/mol. The second kappa shape index (κ2) is 6.35. The summed E-state index contributed by atoms with van der Waals surface area (Å²) in [5, 5.41) is 9.23. The molecular formula is C15H12Br2O2. The van der Waals surface area contributed by atoms with Gasteiger partial charge in [-0.15, -0.1) is 0 Å². The highest BCUT2D eigenvalue weighted by Crippen LogP contribution is 2.43. The predicted octanol–water partition coefficient (Wildman–Crippen LogP) is 4.96. The van der Waals surface area contributed by atoms with E-state index in [9.17, 15) is 9.90 Å². The zero-order valence-electron chi connectivity index (χ0n) is 9.96. The highest BCUT2D eigenvalue weighted by Gasteiger charge is 2.23. The Labute approximate surface area is 128 Å². The number of alkyl halides is 2. The first-order valence-corrected chi connectivity index (χ1v) is 7.59. The number of hydrogen-bond acceptors (Lipinski definition) is 1. The molecule has 0 spiro atoms. The normalized spacial score (nSPS) is 13.8. The Balaban J connectivity index is 2.34. The number of halogens is 2. The third kappa shape index (κ3) is 3.25. The maximum absolute atomic E-state index is 11.2. The van der Waals surface area contributed by atoms with Crippen molar-refractivity contribution in [2.45, 2.75) is 9.65 Å². The smallest absolute Gasteiger partial charge is 0.336 e. The summed E-state index contributed by atoms with van der Waals surface area (Å²) < 4.78 is 0. The van der Waals surface area contributed by atoms with E-state index in [4.69, 9.17) is 0 Å². The minimum atomic E-state index is -0.909. The molecule has 0 saturated heterocycles. The van der Waals surface area contributed by atoms with E-state index < -0.39 is 5.97 Å². The van der Waals surface area contributed by atoms with E-state index >= 15 is 0 Å². The van der Waals surface area contributed by atoms with Gasteiger partial charge in [0.2, 0.25) is 0 Å². The molecule has 0 fully saturated rings. The molecule has 0 aliphatic rings. The fraction of sp³-hybridized carbons (Fsp3) is 0.133. The third-order valence-electron chi connectivity index (χ3n) is 2.86. The summed E-state index contributed by atoms with van der Waals surface area (Å²) in [7, 11) is 0. The van der Waals surface area contributed by atoms with Gasteiger partial charge in [-0.1, -0.05) is 80.4 Å². The lowest BCUT2D eigenvalue weighted by Crippen LogP contribution is -2.07. The van der Waals surface area contributed by atoms with Crippen LogP contribution >= 0.6 is 31.9 Å². The largest absolute Gasteiger partial charge is 0.478 e. The van der Waals surface area contributed by atoms with Crippen LogP contribution in [0.5, 0.6) is 0 Å². The highest BCUT2D eigenvalue weighted by atomic mass is 79.9. The molecule has 2 nitrogen and oxygen atoms in total. The molecule has 0 aromatic heterocycles. The lowest BCUT2D eigenvalue weighted by molar-refractivity contribution is 0.0695. The maximum Gasteiger partial charge on any atom is 0.336 e. The Kier molecular flexibility index (Phi) is 4.77. The van der Waals surface area contributed by atoms with Gasteiger partial charge < -0.3 is 5.11 Å². The van der Waals surface area contributed by atoms with E-state index in [2.05, 4.69) is 31.9 Å². The molecule has 0 aliphatic heterocycles. The molecule has 98 valence electrons. The van der Waals surface area contributed by atoms with Gasteiger partial charge in [0.15, 0.2) is 0 Å². The summed E-state index contributed by atoms with van der Waals surface area (Å²) in [6.45, 7) is 0. The Bertz CT molecular complexity index is 569. The topological polar surface area (TPSA) is 37.3 Å². The minimum absolute atomic E-state index is 0.00852. The number of benzene rings is 2. The molecule has 0 unspecified atom stereocenters. The molecule has 0 bridgehead atoms. The summed E-state index contributed by atoms with van der Waals surface area (Å²) >= 11 is 7.23. The van der Waals surface area contributed by atoms with E-state index in [1.165, 1.54) is 0 Å². The number of aromatic carboxylic acids is 1. The lowest BCUT2D eigenvalue weighted by atomic mass is 9.99. The van der Waals surface area contributed by atoms with Crippen LogP contribution in [0, 0.1) is 0 Å². The summed E-state index contributed by atoms with van der Waals surface area (Å²) in [4.78, 5) is 11.1. The molecule has 2 aromatic carbocycles. The second-order valence-electron chi connectivity index (χ2n) is 4.11. The molecular weight excluding hydrogens is 372 g/mol. The van der Waals surface area contributed by atoms with E-state index in [0.717, 1.165) is 11.1 Å². The van der Waals surface area contributed by atoms with Crippen molar-refractivity contribution >= 4 is 37.8 Å². The fourth-order valence-corrected chi connectivity index (χ4v) is 3.19. The molecule has 19 heavy (non-hydrogen) atoms. The molecule has 0 heterocycles. The molecule has 0 saturated carbocycles. The van der Waals surface area contributed by atoms with Gasteiger partial charge in [-0.05, 0) is 17.2 Å². The van der Waals surface area contributed by atoms with Crippen molar-refractivity contribution in [2.75, 3.05) is 0 Å². The van der Waals surface area contributed by atoms with E-state index in [1.807, 2.05) is 42.5 Å². The molecule has 2 atom stereocenters. The van der Waals surface area contributed by atoms with Crippen LogP contribution in [-0.2, 0) is 0 Å². The number of carbonyl (C=O) groups is 1. The standard InChI is InChI=1S/C15H12Br2O2/c16-13(10-6-2-1-3-7-10)14(17)11-8-4-5-9-12(11)15(18)19/h1-9,13-14H,(H,18,19)/t13-,14+/m0/s1. The van der Waals surface area contributed by atoms with Crippen LogP contribution in [0.3, 0.4) is 0 Å². The van der Waals surface area contributed by atoms with Crippen molar-refractivity contribution in [2.24, 2.45) is 0 Å². The van der Waals surface area contributed by atoms with Gasteiger partial charge in [0.25, 0.3) is 0 Å². The van der Waals surface area contributed by atoms with Crippen LogP contribution in [0.2, 0.25) is 0 Å². The summed E-state index contributed by atoms with van der Waals surface area (Å²) in [5.41, 5.74) is 2.19. The number of carboxylic acids is 1. The van der Waals surface area contributed by atoms with Crippen molar-refractivity contribution in [3.63, 3.8) is 0 Å². The van der Waals surface area contributed by atoms with Crippen LogP contribution in [0.25, 0.3) is 0 Å². The first kappa shape index (κ1) is 14.3. The quantitative estimate of drug-likeness (QED) is 0.757. The first-order chi connectivity index (χ1) is 9.11. The van der Waals surface area contributed by atoms with Crippen LogP contribution in [0.15, 0.2) is 54.6 Å². The molecule has 4 heteroatoms. The number of hydrogen-bond donors (Lipinski definition) is 1. The molecule has 0 amide bonds. The van der Waals surface area contributed by atoms with Crippen LogP contribution in [0.1, 0.15) is 31.1 Å². The van der Waals surface area contributed by atoms with Gasteiger partial charge in [-0.25, -0.2) is 4.79 Å². The van der Waals surface area contributed by atoms with Crippen LogP contribution in [-0.4, -0.2) is 11.1 Å². The average Bonchev–Trinajstić information content (AvgIpc) is 2.46. The van der Waals surface area contributed by atoms with Gasteiger partial charge in [-0.3, -0.25) is 0 Å².